The Kier molecular flexibility index (Phi) is 4.24. The zero-order chi connectivity index (χ0) is 12.1. The number of hydrogen-bond donors (Lipinski definition) is 3. The monoisotopic (exact) mass is 227 g/mol. The lowest BCUT2D eigenvalue weighted by Crippen LogP contribution is -2.40. The van der Waals surface area contributed by atoms with E-state index in [0.717, 1.165) is 0 Å². The average Bonchev–Trinajstić information content (AvgIpc) is 2.62. The normalized spacial score (nSPS) is 14.4. The Hall–Kier alpha value is -1.63. The summed E-state index contributed by atoms with van der Waals surface area (Å²) in [5.41, 5.74) is 5.32. The van der Waals surface area contributed by atoms with Crippen LogP contribution < -0.4 is 11.1 Å². The summed E-state index contributed by atoms with van der Waals surface area (Å²) in [4.78, 5) is 15.2. The van der Waals surface area contributed by atoms with E-state index in [0.29, 0.717) is 0 Å². The summed E-state index contributed by atoms with van der Waals surface area (Å²) in [7, 11) is 0. The van der Waals surface area contributed by atoms with Crippen LogP contribution in [0.4, 0.5) is 5.95 Å². The molecule has 7 nitrogen and oxygen atoms in total. The van der Waals surface area contributed by atoms with E-state index in [1.54, 1.807) is 0 Å². The second-order valence-electron chi connectivity index (χ2n) is 3.82. The highest BCUT2D eigenvalue weighted by atomic mass is 16.3. The van der Waals surface area contributed by atoms with Gasteiger partial charge in [0.15, 0.2) is 0 Å². The first kappa shape index (κ1) is 12.4. The molecule has 0 bridgehead atoms. The molecular weight excluding hydrogens is 210 g/mol. The number of amides is 1. The summed E-state index contributed by atoms with van der Waals surface area (Å²) in [6, 6.07) is -0.0848. The van der Waals surface area contributed by atoms with E-state index in [1.807, 2.05) is 13.8 Å². The fourth-order valence-corrected chi connectivity index (χ4v) is 1.13. The van der Waals surface area contributed by atoms with Gasteiger partial charge in [0.05, 0.1) is 0 Å². The van der Waals surface area contributed by atoms with Gasteiger partial charge < -0.3 is 16.2 Å². The quantitative estimate of drug-likeness (QED) is 0.598. The fraction of sp³-hybridized carbons (Fsp3) is 0.667. The Bertz CT molecular complexity index is 351. The van der Waals surface area contributed by atoms with Gasteiger partial charge in [0, 0.05) is 12.6 Å². The van der Waals surface area contributed by atoms with Crippen LogP contribution in [0.2, 0.25) is 0 Å². The fourth-order valence-electron chi connectivity index (χ4n) is 1.13. The predicted molar refractivity (Wildman–Crippen MR) is 58.3 cm³/mol. The van der Waals surface area contributed by atoms with Gasteiger partial charge in [0.2, 0.25) is 11.9 Å². The van der Waals surface area contributed by atoms with Crippen LogP contribution in [0.3, 0.4) is 0 Å². The first-order chi connectivity index (χ1) is 7.52. The second kappa shape index (κ2) is 5.45. The van der Waals surface area contributed by atoms with Crippen molar-refractivity contribution in [2.24, 2.45) is 5.92 Å². The third kappa shape index (κ3) is 3.50. The number of nitrogen functional groups attached to an aromatic ring is 1. The van der Waals surface area contributed by atoms with Crippen molar-refractivity contribution in [3.05, 3.63) is 6.33 Å². The van der Waals surface area contributed by atoms with Gasteiger partial charge in [-0.2, -0.15) is 0 Å². The molecule has 4 N–H and O–H groups in total. The van der Waals surface area contributed by atoms with Crippen LogP contribution in [0.5, 0.6) is 0 Å². The zero-order valence-corrected chi connectivity index (χ0v) is 9.42. The Morgan fingerprint density at radius 3 is 2.88 bits per heavy atom. The summed E-state index contributed by atoms with van der Waals surface area (Å²) in [5.74, 6) is -0.0213. The Morgan fingerprint density at radius 1 is 1.69 bits per heavy atom. The van der Waals surface area contributed by atoms with Crippen LogP contribution in [0.15, 0.2) is 6.33 Å². The van der Waals surface area contributed by atoms with E-state index < -0.39 is 0 Å². The SMILES string of the molecule is CC(CO)C(C)NC(=O)Cn1cnc(N)n1. The van der Waals surface area contributed by atoms with Crippen LogP contribution >= 0.6 is 0 Å². The van der Waals surface area contributed by atoms with Crippen molar-refractivity contribution in [1.82, 2.24) is 20.1 Å². The molecule has 0 aliphatic rings. The molecule has 1 aromatic heterocycles. The molecule has 0 aliphatic heterocycles. The number of carbonyl (C=O) groups excluding carboxylic acids is 1. The third-order valence-corrected chi connectivity index (χ3v) is 2.39. The van der Waals surface area contributed by atoms with Crippen LogP contribution in [0, 0.1) is 5.92 Å². The van der Waals surface area contributed by atoms with Crippen molar-refractivity contribution in [2.75, 3.05) is 12.3 Å². The molecule has 0 fully saturated rings. The van der Waals surface area contributed by atoms with Crippen LogP contribution in [0.1, 0.15) is 13.8 Å². The van der Waals surface area contributed by atoms with E-state index in [-0.39, 0.29) is 37.0 Å². The minimum Gasteiger partial charge on any atom is -0.396 e. The maximum atomic E-state index is 11.5. The molecule has 2 unspecified atom stereocenters. The minimum absolute atomic E-state index is 0.0183. The van der Waals surface area contributed by atoms with E-state index in [4.69, 9.17) is 10.8 Å². The molecule has 7 heteroatoms. The number of aliphatic hydroxyl groups is 1. The molecule has 0 saturated heterocycles. The topological polar surface area (TPSA) is 106 Å². The molecule has 2 atom stereocenters. The summed E-state index contributed by atoms with van der Waals surface area (Å²) >= 11 is 0. The number of aromatic nitrogens is 3. The van der Waals surface area contributed by atoms with Gasteiger partial charge in [-0.05, 0) is 12.8 Å². The van der Waals surface area contributed by atoms with Gasteiger partial charge in [-0.1, -0.05) is 6.92 Å². The number of aliphatic hydroxyl groups excluding tert-OH is 1. The minimum atomic E-state index is -0.183. The van der Waals surface area contributed by atoms with Gasteiger partial charge in [-0.15, -0.1) is 5.10 Å². The Labute approximate surface area is 93.7 Å². The van der Waals surface area contributed by atoms with Crippen LogP contribution in [-0.4, -0.2) is 38.4 Å². The van der Waals surface area contributed by atoms with Gasteiger partial charge in [0.1, 0.15) is 12.9 Å². The van der Waals surface area contributed by atoms with Gasteiger partial charge in [0.25, 0.3) is 0 Å². The summed E-state index contributed by atoms with van der Waals surface area (Å²) in [6.45, 7) is 3.82. The van der Waals surface area contributed by atoms with Crippen molar-refractivity contribution < 1.29 is 9.90 Å². The molecule has 16 heavy (non-hydrogen) atoms. The maximum absolute atomic E-state index is 11.5. The number of nitrogens with one attached hydrogen (secondary N) is 1. The molecular formula is C9H17N5O2. The van der Waals surface area contributed by atoms with Crippen molar-refractivity contribution in [2.45, 2.75) is 26.4 Å². The van der Waals surface area contributed by atoms with Gasteiger partial charge in [-0.25, -0.2) is 9.67 Å². The molecule has 90 valence electrons. The molecule has 0 aliphatic carbocycles. The van der Waals surface area contributed by atoms with Crippen LogP contribution in [0.25, 0.3) is 0 Å². The second-order valence-corrected chi connectivity index (χ2v) is 3.82. The zero-order valence-electron chi connectivity index (χ0n) is 9.42. The van der Waals surface area contributed by atoms with Crippen LogP contribution in [-0.2, 0) is 11.3 Å². The highest BCUT2D eigenvalue weighted by Crippen LogP contribution is 2.00. The molecule has 0 spiro atoms. The predicted octanol–water partition coefficient (Wildman–Crippen LogP) is -1.01. The number of rotatable bonds is 5. The van der Waals surface area contributed by atoms with E-state index >= 15 is 0 Å². The van der Waals surface area contributed by atoms with E-state index in [9.17, 15) is 4.79 Å². The first-order valence-electron chi connectivity index (χ1n) is 5.08. The lowest BCUT2D eigenvalue weighted by atomic mass is 10.1. The molecule has 1 amide bonds. The standard InChI is InChI=1S/C9H17N5O2/c1-6(4-15)7(2)12-8(16)3-14-5-11-9(10)13-14/h5-7,15H,3-4H2,1-2H3,(H2,10,13)(H,12,16). The largest absolute Gasteiger partial charge is 0.396 e. The number of anilines is 1. The summed E-state index contributed by atoms with van der Waals surface area (Å²) in [5, 5.41) is 15.5. The van der Waals surface area contributed by atoms with Gasteiger partial charge in [-0.3, -0.25) is 4.79 Å². The van der Waals surface area contributed by atoms with E-state index in [2.05, 4.69) is 15.4 Å². The number of hydrogen-bond acceptors (Lipinski definition) is 5. The molecule has 1 heterocycles. The third-order valence-electron chi connectivity index (χ3n) is 2.39. The molecule has 0 aromatic carbocycles. The lowest BCUT2D eigenvalue weighted by Gasteiger charge is -2.18. The molecule has 0 saturated carbocycles. The highest BCUT2D eigenvalue weighted by Gasteiger charge is 2.14. The van der Waals surface area contributed by atoms with Crippen molar-refractivity contribution in [3.8, 4) is 0 Å². The highest BCUT2D eigenvalue weighted by molar-refractivity contribution is 5.75. The first-order valence-corrected chi connectivity index (χ1v) is 5.08. The van der Waals surface area contributed by atoms with Crippen molar-refractivity contribution >= 4 is 11.9 Å². The molecule has 0 radical (unpaired) electrons. The maximum Gasteiger partial charge on any atom is 0.242 e. The summed E-state index contributed by atoms with van der Waals surface area (Å²) < 4.78 is 1.36. The lowest BCUT2D eigenvalue weighted by molar-refractivity contribution is -0.122. The number of nitrogens with two attached hydrogens (primary N) is 1. The van der Waals surface area contributed by atoms with E-state index in [1.165, 1.54) is 11.0 Å². The Balaban J connectivity index is 2.42. The average molecular weight is 227 g/mol. The smallest absolute Gasteiger partial charge is 0.242 e. The number of carbonyl (C=O) groups is 1. The van der Waals surface area contributed by atoms with Crippen molar-refractivity contribution in [1.29, 1.82) is 0 Å². The molecule has 1 aromatic rings. The number of nitrogens with zero attached hydrogens (tertiary/aromatic N) is 3. The molecule has 1 rings (SSSR count). The summed E-state index contributed by atoms with van der Waals surface area (Å²) in [6.07, 6.45) is 1.40. The van der Waals surface area contributed by atoms with Gasteiger partial charge >= 0.3 is 0 Å². The Morgan fingerprint density at radius 2 is 2.38 bits per heavy atom. The van der Waals surface area contributed by atoms with Crippen molar-refractivity contribution in [3.63, 3.8) is 0 Å².